The molecule has 0 aromatic heterocycles. The van der Waals surface area contributed by atoms with Crippen LogP contribution < -0.4 is 10.1 Å². The molecule has 94 valence electrons. The summed E-state index contributed by atoms with van der Waals surface area (Å²) in [4.78, 5) is 0. The average Bonchev–Trinajstić information content (AvgIpc) is 2.32. The van der Waals surface area contributed by atoms with Crippen LogP contribution >= 0.6 is 0 Å². The maximum Gasteiger partial charge on any atom is 0.137 e. The predicted molar refractivity (Wildman–Crippen MR) is 68.5 cm³/mol. The van der Waals surface area contributed by atoms with Gasteiger partial charge >= 0.3 is 0 Å². The first-order valence-corrected chi connectivity index (χ1v) is 6.34. The fraction of sp³-hybridized carbons (Fsp3) is 0.571. The van der Waals surface area contributed by atoms with Crippen molar-refractivity contribution in [2.75, 3.05) is 19.8 Å². The van der Waals surface area contributed by atoms with Gasteiger partial charge in [0.2, 0.25) is 0 Å². The molecule has 0 amide bonds. The molecule has 0 saturated carbocycles. The Morgan fingerprint density at radius 3 is 3.12 bits per heavy atom. The van der Waals surface area contributed by atoms with Crippen molar-refractivity contribution in [1.29, 1.82) is 0 Å². The first kappa shape index (κ1) is 12.4. The Kier molecular flexibility index (Phi) is 4.40. The van der Waals surface area contributed by atoms with Gasteiger partial charge in [-0.1, -0.05) is 19.1 Å². The largest absolute Gasteiger partial charge is 0.486 e. The summed E-state index contributed by atoms with van der Waals surface area (Å²) in [6.45, 7) is 6.67. The molecule has 1 fully saturated rings. The van der Waals surface area contributed by atoms with E-state index in [1.54, 1.807) is 0 Å². The maximum atomic E-state index is 6.01. The molecule has 1 aliphatic heterocycles. The third-order valence-corrected chi connectivity index (χ3v) is 3.05. The SMILES string of the molecule is CCNC1CCOCC1Oc1cccc(C)c1. The summed E-state index contributed by atoms with van der Waals surface area (Å²) in [5.41, 5.74) is 1.22. The van der Waals surface area contributed by atoms with E-state index in [0.29, 0.717) is 12.6 Å². The zero-order valence-corrected chi connectivity index (χ0v) is 10.6. The van der Waals surface area contributed by atoms with Crippen LogP contribution in [-0.4, -0.2) is 31.9 Å². The van der Waals surface area contributed by atoms with E-state index < -0.39 is 0 Å². The molecule has 1 N–H and O–H groups in total. The third-order valence-electron chi connectivity index (χ3n) is 3.05. The quantitative estimate of drug-likeness (QED) is 0.867. The lowest BCUT2D eigenvalue weighted by Crippen LogP contribution is -2.49. The minimum atomic E-state index is 0.116. The number of hydrogen-bond donors (Lipinski definition) is 1. The minimum Gasteiger partial charge on any atom is -0.486 e. The van der Waals surface area contributed by atoms with Crippen molar-refractivity contribution in [2.45, 2.75) is 32.4 Å². The molecule has 0 spiro atoms. The summed E-state index contributed by atoms with van der Waals surface area (Å²) in [5, 5.41) is 3.46. The first-order chi connectivity index (χ1) is 8.29. The molecule has 17 heavy (non-hydrogen) atoms. The third kappa shape index (κ3) is 3.45. The van der Waals surface area contributed by atoms with Crippen LogP contribution in [0.2, 0.25) is 0 Å². The standard InChI is InChI=1S/C14H21NO2/c1-3-15-13-7-8-16-10-14(13)17-12-6-4-5-11(2)9-12/h4-6,9,13-15H,3,7-8,10H2,1-2H3. The highest BCUT2D eigenvalue weighted by Gasteiger charge is 2.26. The highest BCUT2D eigenvalue weighted by Crippen LogP contribution is 2.18. The topological polar surface area (TPSA) is 30.5 Å². The molecule has 0 bridgehead atoms. The first-order valence-electron chi connectivity index (χ1n) is 6.34. The Balaban J connectivity index is 2.00. The molecule has 2 unspecified atom stereocenters. The molecular formula is C14H21NO2. The molecule has 1 saturated heterocycles. The Morgan fingerprint density at radius 1 is 1.47 bits per heavy atom. The predicted octanol–water partition coefficient (Wildman–Crippen LogP) is 2.14. The second-order valence-electron chi connectivity index (χ2n) is 4.50. The van der Waals surface area contributed by atoms with Crippen molar-refractivity contribution in [3.8, 4) is 5.75 Å². The van der Waals surface area contributed by atoms with Crippen molar-refractivity contribution >= 4 is 0 Å². The van der Waals surface area contributed by atoms with E-state index in [0.717, 1.165) is 25.3 Å². The number of ether oxygens (including phenoxy) is 2. The maximum absolute atomic E-state index is 6.01. The summed E-state index contributed by atoms with van der Waals surface area (Å²) in [6.07, 6.45) is 1.13. The fourth-order valence-corrected chi connectivity index (χ4v) is 2.19. The van der Waals surface area contributed by atoms with Crippen LogP contribution in [0.5, 0.6) is 5.75 Å². The number of likely N-dealkylation sites (N-methyl/N-ethyl adjacent to an activating group) is 1. The van der Waals surface area contributed by atoms with Crippen LogP contribution in [-0.2, 0) is 4.74 Å². The lowest BCUT2D eigenvalue weighted by atomic mass is 10.1. The van der Waals surface area contributed by atoms with Gasteiger partial charge in [0.15, 0.2) is 0 Å². The zero-order valence-electron chi connectivity index (χ0n) is 10.6. The molecule has 1 aliphatic rings. The zero-order chi connectivity index (χ0) is 12.1. The molecule has 0 aliphatic carbocycles. The number of nitrogens with one attached hydrogen (secondary N) is 1. The summed E-state index contributed by atoms with van der Waals surface area (Å²) >= 11 is 0. The van der Waals surface area contributed by atoms with E-state index in [-0.39, 0.29) is 6.10 Å². The van der Waals surface area contributed by atoms with Gasteiger partial charge in [0, 0.05) is 12.6 Å². The Labute approximate surface area is 103 Å². The van der Waals surface area contributed by atoms with Crippen LogP contribution in [0.4, 0.5) is 0 Å². The molecule has 1 aromatic rings. The van der Waals surface area contributed by atoms with E-state index in [2.05, 4.69) is 31.3 Å². The van der Waals surface area contributed by atoms with Crippen LogP contribution in [0.1, 0.15) is 18.9 Å². The van der Waals surface area contributed by atoms with E-state index in [1.807, 2.05) is 12.1 Å². The molecule has 3 nitrogen and oxygen atoms in total. The van der Waals surface area contributed by atoms with Crippen molar-refractivity contribution in [1.82, 2.24) is 5.32 Å². The normalized spacial score (nSPS) is 24.6. The van der Waals surface area contributed by atoms with Gasteiger partial charge in [0.1, 0.15) is 11.9 Å². The smallest absolute Gasteiger partial charge is 0.137 e. The van der Waals surface area contributed by atoms with Gasteiger partial charge in [0.05, 0.1) is 6.61 Å². The van der Waals surface area contributed by atoms with Gasteiger partial charge in [-0.25, -0.2) is 0 Å². The Bertz CT molecular complexity index is 352. The number of aryl methyl sites for hydroxylation is 1. The van der Waals surface area contributed by atoms with Crippen LogP contribution in [0, 0.1) is 6.92 Å². The Hall–Kier alpha value is -1.06. The highest BCUT2D eigenvalue weighted by atomic mass is 16.5. The summed E-state index contributed by atoms with van der Waals surface area (Å²) in [6, 6.07) is 8.57. The van der Waals surface area contributed by atoms with Crippen LogP contribution in [0.15, 0.2) is 24.3 Å². The van der Waals surface area contributed by atoms with Gasteiger partial charge in [-0.05, 0) is 37.6 Å². The van der Waals surface area contributed by atoms with Gasteiger partial charge < -0.3 is 14.8 Å². The lowest BCUT2D eigenvalue weighted by molar-refractivity contribution is -0.0143. The van der Waals surface area contributed by atoms with E-state index in [1.165, 1.54) is 5.56 Å². The molecule has 2 atom stereocenters. The average molecular weight is 235 g/mol. The number of benzene rings is 1. The van der Waals surface area contributed by atoms with E-state index in [9.17, 15) is 0 Å². The summed E-state index contributed by atoms with van der Waals surface area (Å²) in [7, 11) is 0. The molecule has 2 rings (SSSR count). The van der Waals surface area contributed by atoms with Crippen molar-refractivity contribution in [3.63, 3.8) is 0 Å². The fourth-order valence-electron chi connectivity index (χ4n) is 2.19. The van der Waals surface area contributed by atoms with Gasteiger partial charge in [0.25, 0.3) is 0 Å². The second kappa shape index (κ2) is 6.03. The molecular weight excluding hydrogens is 214 g/mol. The van der Waals surface area contributed by atoms with E-state index >= 15 is 0 Å². The van der Waals surface area contributed by atoms with Crippen LogP contribution in [0.25, 0.3) is 0 Å². The monoisotopic (exact) mass is 235 g/mol. The number of hydrogen-bond acceptors (Lipinski definition) is 3. The molecule has 3 heteroatoms. The van der Waals surface area contributed by atoms with Gasteiger partial charge in [-0.2, -0.15) is 0 Å². The van der Waals surface area contributed by atoms with Gasteiger partial charge in [-0.15, -0.1) is 0 Å². The minimum absolute atomic E-state index is 0.116. The van der Waals surface area contributed by atoms with Crippen LogP contribution in [0.3, 0.4) is 0 Å². The van der Waals surface area contributed by atoms with Gasteiger partial charge in [-0.3, -0.25) is 0 Å². The van der Waals surface area contributed by atoms with Crippen molar-refractivity contribution < 1.29 is 9.47 Å². The molecule has 1 heterocycles. The summed E-state index contributed by atoms with van der Waals surface area (Å²) in [5.74, 6) is 0.934. The number of rotatable bonds is 4. The molecule has 0 radical (unpaired) electrons. The molecule has 1 aromatic carbocycles. The second-order valence-corrected chi connectivity index (χ2v) is 4.50. The summed E-state index contributed by atoms with van der Waals surface area (Å²) < 4.78 is 11.5. The Morgan fingerprint density at radius 2 is 2.35 bits per heavy atom. The van der Waals surface area contributed by atoms with E-state index in [4.69, 9.17) is 9.47 Å². The lowest BCUT2D eigenvalue weighted by Gasteiger charge is -2.32. The van der Waals surface area contributed by atoms with Crippen molar-refractivity contribution in [3.05, 3.63) is 29.8 Å². The van der Waals surface area contributed by atoms with Crippen molar-refractivity contribution in [2.24, 2.45) is 0 Å². The highest BCUT2D eigenvalue weighted by molar-refractivity contribution is 5.27.